The Bertz CT molecular complexity index is 719. The van der Waals surface area contributed by atoms with Crippen molar-refractivity contribution in [2.24, 2.45) is 0 Å². The van der Waals surface area contributed by atoms with Gasteiger partial charge >= 0.3 is 5.97 Å². The first kappa shape index (κ1) is 16.2. The number of carboxylic acids is 1. The Labute approximate surface area is 139 Å². The smallest absolute Gasteiger partial charge is 0.335 e. The van der Waals surface area contributed by atoms with Crippen molar-refractivity contribution in [3.63, 3.8) is 0 Å². The molecular weight excluding hydrogens is 310 g/mol. The Morgan fingerprint density at radius 2 is 1.62 bits per heavy atom. The third-order valence-corrected chi connectivity index (χ3v) is 3.92. The molecule has 3 rings (SSSR count). The van der Waals surface area contributed by atoms with E-state index in [0.29, 0.717) is 11.1 Å². The number of amides is 1. The first-order valence-electron chi connectivity index (χ1n) is 7.47. The molecule has 0 spiro atoms. The summed E-state index contributed by atoms with van der Waals surface area (Å²) in [5.74, 6) is -1.49. The molecule has 2 aromatic carbocycles. The summed E-state index contributed by atoms with van der Waals surface area (Å²) < 4.78 is 10.7. The molecule has 1 amide bonds. The Morgan fingerprint density at radius 3 is 2.17 bits per heavy atom. The molecule has 6 heteroatoms. The van der Waals surface area contributed by atoms with E-state index in [4.69, 9.17) is 9.47 Å². The second kappa shape index (κ2) is 6.82. The van der Waals surface area contributed by atoms with Gasteiger partial charge in [-0.15, -0.1) is 0 Å². The summed E-state index contributed by atoms with van der Waals surface area (Å²) in [4.78, 5) is 25.9. The second-order valence-corrected chi connectivity index (χ2v) is 5.37. The van der Waals surface area contributed by atoms with Gasteiger partial charge in [0, 0.05) is 12.7 Å². The fraction of sp³-hybridized carbons (Fsp3) is 0.222. The molecule has 2 aromatic rings. The van der Waals surface area contributed by atoms with Crippen LogP contribution in [0.25, 0.3) is 0 Å². The van der Waals surface area contributed by atoms with Crippen LogP contribution in [0.2, 0.25) is 0 Å². The molecule has 1 aliphatic heterocycles. The highest BCUT2D eigenvalue weighted by molar-refractivity contribution is 5.95. The first-order valence-corrected chi connectivity index (χ1v) is 7.47. The van der Waals surface area contributed by atoms with Gasteiger partial charge in [0.05, 0.1) is 6.04 Å². The summed E-state index contributed by atoms with van der Waals surface area (Å²) in [6.45, 7) is 0. The second-order valence-electron chi connectivity index (χ2n) is 5.37. The van der Waals surface area contributed by atoms with Gasteiger partial charge in [-0.05, 0) is 17.7 Å². The van der Waals surface area contributed by atoms with E-state index in [1.54, 1.807) is 54.6 Å². The Hall–Kier alpha value is -2.70. The summed E-state index contributed by atoms with van der Waals surface area (Å²) in [7, 11) is 1.38. The standard InChI is InChI=1S/C18H17NO5/c1-23-18-19(16(20)13-10-6-3-7-11-13)14(15(24-18)17(21)22)12-8-4-2-5-9-12/h2-11,14-15,18H,1H3,(H,21,22)/t14-,15-,18?/m1/s1. The van der Waals surface area contributed by atoms with Crippen LogP contribution in [0.15, 0.2) is 60.7 Å². The van der Waals surface area contributed by atoms with Crippen molar-refractivity contribution in [2.45, 2.75) is 18.6 Å². The first-order chi connectivity index (χ1) is 11.6. The van der Waals surface area contributed by atoms with Gasteiger partial charge in [-0.25, -0.2) is 4.79 Å². The van der Waals surface area contributed by atoms with Crippen LogP contribution in [-0.4, -0.2) is 41.5 Å². The lowest BCUT2D eigenvalue weighted by molar-refractivity contribution is -0.177. The van der Waals surface area contributed by atoms with Gasteiger partial charge in [0.25, 0.3) is 5.91 Å². The lowest BCUT2D eigenvalue weighted by atomic mass is 10.00. The zero-order valence-electron chi connectivity index (χ0n) is 13.0. The Morgan fingerprint density at radius 1 is 1.04 bits per heavy atom. The highest BCUT2D eigenvalue weighted by Gasteiger charge is 2.49. The van der Waals surface area contributed by atoms with Crippen molar-refractivity contribution < 1.29 is 24.2 Å². The van der Waals surface area contributed by atoms with E-state index in [9.17, 15) is 14.7 Å². The summed E-state index contributed by atoms with van der Waals surface area (Å²) in [5, 5.41) is 9.51. The predicted octanol–water partition coefficient (Wildman–Crippen LogP) is 2.28. The number of methoxy groups -OCH3 is 1. The number of benzene rings is 2. The number of nitrogens with zero attached hydrogens (tertiary/aromatic N) is 1. The number of hydrogen-bond acceptors (Lipinski definition) is 4. The molecule has 1 unspecified atom stereocenters. The maximum absolute atomic E-state index is 12.9. The molecular formula is C18H17NO5. The van der Waals surface area contributed by atoms with Gasteiger partial charge < -0.3 is 14.6 Å². The highest BCUT2D eigenvalue weighted by atomic mass is 16.7. The molecule has 0 radical (unpaired) electrons. The number of carbonyl (C=O) groups is 2. The van der Waals surface area contributed by atoms with Crippen LogP contribution in [-0.2, 0) is 14.3 Å². The van der Waals surface area contributed by atoms with Gasteiger partial charge in [-0.3, -0.25) is 9.69 Å². The summed E-state index contributed by atoms with van der Waals surface area (Å²) >= 11 is 0. The average Bonchev–Trinajstić information content (AvgIpc) is 3.02. The molecule has 124 valence electrons. The molecule has 1 heterocycles. The van der Waals surface area contributed by atoms with Crippen LogP contribution in [0.4, 0.5) is 0 Å². The Kier molecular flexibility index (Phi) is 4.59. The normalized spacial score (nSPS) is 23.2. The third-order valence-electron chi connectivity index (χ3n) is 3.92. The van der Waals surface area contributed by atoms with E-state index in [-0.39, 0.29) is 5.91 Å². The molecule has 0 bridgehead atoms. The van der Waals surface area contributed by atoms with Crippen LogP contribution in [0.1, 0.15) is 22.0 Å². The van der Waals surface area contributed by atoms with E-state index in [1.165, 1.54) is 12.0 Å². The molecule has 3 atom stereocenters. The maximum Gasteiger partial charge on any atom is 0.335 e. The number of carbonyl (C=O) groups excluding carboxylic acids is 1. The van der Waals surface area contributed by atoms with Crippen molar-refractivity contribution in [1.82, 2.24) is 4.90 Å². The van der Waals surface area contributed by atoms with Crippen molar-refractivity contribution in [2.75, 3.05) is 7.11 Å². The molecule has 1 N–H and O–H groups in total. The van der Waals surface area contributed by atoms with E-state index in [0.717, 1.165) is 0 Å². The summed E-state index contributed by atoms with van der Waals surface area (Å²) in [6.07, 6.45) is -2.27. The van der Waals surface area contributed by atoms with Crippen LogP contribution >= 0.6 is 0 Å². The quantitative estimate of drug-likeness (QED) is 0.932. The van der Waals surface area contributed by atoms with Crippen molar-refractivity contribution in [1.29, 1.82) is 0 Å². The zero-order chi connectivity index (χ0) is 17.1. The summed E-state index contributed by atoms with van der Waals surface area (Å²) in [6, 6.07) is 16.8. The van der Waals surface area contributed by atoms with Gasteiger partial charge in [0.2, 0.25) is 6.41 Å². The number of rotatable bonds is 4. The van der Waals surface area contributed by atoms with Crippen LogP contribution < -0.4 is 0 Å². The van der Waals surface area contributed by atoms with Crippen LogP contribution in [0, 0.1) is 0 Å². The minimum atomic E-state index is -1.20. The average molecular weight is 327 g/mol. The van der Waals surface area contributed by atoms with Crippen LogP contribution in [0.3, 0.4) is 0 Å². The Balaban J connectivity index is 2.05. The number of aliphatic carboxylic acids is 1. The van der Waals surface area contributed by atoms with Gasteiger partial charge in [0.15, 0.2) is 6.10 Å². The lowest BCUT2D eigenvalue weighted by Gasteiger charge is -2.28. The SMILES string of the molecule is COC1O[C@@H](C(=O)O)[C@@H](c2ccccc2)N1C(=O)c1ccccc1. The summed E-state index contributed by atoms with van der Waals surface area (Å²) in [5.41, 5.74) is 1.11. The van der Waals surface area contributed by atoms with Gasteiger partial charge in [-0.1, -0.05) is 48.5 Å². The lowest BCUT2D eigenvalue weighted by Crippen LogP contribution is -2.40. The topological polar surface area (TPSA) is 76.1 Å². The minimum absolute atomic E-state index is 0.347. The minimum Gasteiger partial charge on any atom is -0.479 e. The highest BCUT2D eigenvalue weighted by Crippen LogP contribution is 2.37. The number of hydrogen-bond donors (Lipinski definition) is 1. The fourth-order valence-electron chi connectivity index (χ4n) is 2.84. The largest absolute Gasteiger partial charge is 0.479 e. The molecule has 0 aliphatic carbocycles. The molecule has 1 aliphatic rings. The maximum atomic E-state index is 12.9. The van der Waals surface area contributed by atoms with Gasteiger partial charge in [0.1, 0.15) is 0 Å². The molecule has 1 saturated heterocycles. The third kappa shape index (κ3) is 2.89. The molecule has 0 aromatic heterocycles. The van der Waals surface area contributed by atoms with E-state index in [2.05, 4.69) is 0 Å². The zero-order valence-corrected chi connectivity index (χ0v) is 13.0. The van der Waals surface area contributed by atoms with Crippen molar-refractivity contribution in [3.05, 3.63) is 71.8 Å². The number of ether oxygens (including phenoxy) is 2. The fourth-order valence-corrected chi connectivity index (χ4v) is 2.84. The molecule has 1 fully saturated rings. The molecule has 0 saturated carbocycles. The van der Waals surface area contributed by atoms with Crippen LogP contribution in [0.5, 0.6) is 0 Å². The molecule has 6 nitrogen and oxygen atoms in total. The predicted molar refractivity (Wildman–Crippen MR) is 85.1 cm³/mol. The number of carboxylic acid groups (broad SMARTS) is 1. The van der Waals surface area contributed by atoms with E-state index in [1.807, 2.05) is 6.07 Å². The van der Waals surface area contributed by atoms with E-state index < -0.39 is 24.5 Å². The van der Waals surface area contributed by atoms with Gasteiger partial charge in [-0.2, -0.15) is 0 Å². The molecule has 24 heavy (non-hydrogen) atoms. The van der Waals surface area contributed by atoms with Crippen molar-refractivity contribution >= 4 is 11.9 Å². The van der Waals surface area contributed by atoms with E-state index >= 15 is 0 Å². The van der Waals surface area contributed by atoms with Crippen molar-refractivity contribution in [3.8, 4) is 0 Å². The monoisotopic (exact) mass is 327 g/mol.